The molecule has 0 fully saturated rings. The number of ether oxygens (including phenoxy) is 2. The molecule has 0 aliphatic carbocycles. The van der Waals surface area contributed by atoms with Gasteiger partial charge in [-0.15, -0.1) is 0 Å². The molecule has 3 amide bonds. The fraction of sp³-hybridized carbons (Fsp3) is 0.407. The van der Waals surface area contributed by atoms with Gasteiger partial charge in [0.2, 0.25) is 5.91 Å². The van der Waals surface area contributed by atoms with Crippen LogP contribution in [0.3, 0.4) is 0 Å². The van der Waals surface area contributed by atoms with Crippen molar-refractivity contribution in [3.63, 3.8) is 0 Å². The number of nitrogens with one attached hydrogen (secondary N) is 3. The number of hydrogen-bond acceptors (Lipinski definition) is 6. The lowest BCUT2D eigenvalue weighted by Gasteiger charge is -2.23. The molecule has 2 atom stereocenters. The van der Waals surface area contributed by atoms with Crippen LogP contribution in [0.1, 0.15) is 44.2 Å². The summed E-state index contributed by atoms with van der Waals surface area (Å²) in [5.74, 6) is -2.09. The third-order valence-corrected chi connectivity index (χ3v) is 5.45. The summed E-state index contributed by atoms with van der Waals surface area (Å²) >= 11 is 0. The Morgan fingerprint density at radius 1 is 0.784 bits per heavy atom. The molecule has 0 aliphatic rings. The molecule has 2 aromatic carbocycles. The van der Waals surface area contributed by atoms with Crippen LogP contribution in [-0.4, -0.2) is 47.8 Å². The summed E-state index contributed by atoms with van der Waals surface area (Å²) in [6, 6.07) is 16.3. The van der Waals surface area contributed by atoms with Crippen LogP contribution in [-0.2, 0) is 32.3 Å². The SMILES string of the molecule is CC(C)[C@@H](NC(=O)OCc1ccccc1)C(=O)N[C@@H](CCCCNC(=O)OCc1ccccc1)C(=O)O. The number of rotatable bonds is 14. The maximum Gasteiger partial charge on any atom is 0.408 e. The second kappa shape index (κ2) is 15.8. The Morgan fingerprint density at radius 2 is 1.32 bits per heavy atom. The number of alkyl carbamates (subject to hydrolysis) is 2. The first-order chi connectivity index (χ1) is 17.8. The van der Waals surface area contributed by atoms with Crippen molar-refractivity contribution < 1.29 is 33.8 Å². The standard InChI is InChI=1S/C27H35N3O7/c1-19(2)23(30-27(35)37-18-21-13-7-4-8-14-21)24(31)29-22(25(32)33)15-9-10-16-28-26(34)36-17-20-11-5-3-6-12-20/h3-8,11-14,19,22-23H,9-10,15-18H2,1-2H3,(H,28,34)(H,29,31)(H,30,35)(H,32,33)/t22-,23+/m0/s1. The van der Waals surface area contributed by atoms with Gasteiger partial charge in [-0.05, 0) is 36.3 Å². The smallest absolute Gasteiger partial charge is 0.408 e. The highest BCUT2D eigenvalue weighted by Gasteiger charge is 2.29. The van der Waals surface area contributed by atoms with E-state index in [2.05, 4.69) is 16.0 Å². The maximum absolute atomic E-state index is 12.8. The first kappa shape index (κ1) is 29.2. The van der Waals surface area contributed by atoms with Crippen molar-refractivity contribution in [1.29, 1.82) is 0 Å². The summed E-state index contributed by atoms with van der Waals surface area (Å²) in [4.78, 5) is 48.4. The lowest BCUT2D eigenvalue weighted by molar-refractivity contribution is -0.142. The highest BCUT2D eigenvalue weighted by atomic mass is 16.6. The van der Waals surface area contributed by atoms with Gasteiger partial charge in [-0.1, -0.05) is 74.5 Å². The van der Waals surface area contributed by atoms with Crippen LogP contribution in [0.15, 0.2) is 60.7 Å². The molecule has 200 valence electrons. The molecule has 0 aliphatic heterocycles. The van der Waals surface area contributed by atoms with Gasteiger partial charge in [0, 0.05) is 6.54 Å². The predicted molar refractivity (Wildman–Crippen MR) is 136 cm³/mol. The molecule has 0 bridgehead atoms. The van der Waals surface area contributed by atoms with Gasteiger partial charge in [0.05, 0.1) is 0 Å². The van der Waals surface area contributed by atoms with Gasteiger partial charge < -0.3 is 30.5 Å². The van der Waals surface area contributed by atoms with Crippen LogP contribution in [0.25, 0.3) is 0 Å². The van der Waals surface area contributed by atoms with E-state index in [1.165, 1.54) is 0 Å². The van der Waals surface area contributed by atoms with Crippen LogP contribution in [0.4, 0.5) is 9.59 Å². The van der Waals surface area contributed by atoms with E-state index >= 15 is 0 Å². The molecule has 10 nitrogen and oxygen atoms in total. The number of unbranched alkanes of at least 4 members (excludes halogenated alkanes) is 1. The quantitative estimate of drug-likeness (QED) is 0.283. The highest BCUT2D eigenvalue weighted by Crippen LogP contribution is 2.08. The normalized spacial score (nSPS) is 12.2. The van der Waals surface area contributed by atoms with Gasteiger partial charge >= 0.3 is 18.2 Å². The Hall–Kier alpha value is -4.08. The molecule has 2 rings (SSSR count). The number of carbonyl (C=O) groups is 4. The summed E-state index contributed by atoms with van der Waals surface area (Å²) in [5, 5.41) is 17.2. The number of carboxylic acids is 1. The van der Waals surface area contributed by atoms with E-state index < -0.39 is 36.1 Å². The molecule has 0 spiro atoms. The molecule has 0 saturated heterocycles. The molecular weight excluding hydrogens is 478 g/mol. The van der Waals surface area contributed by atoms with E-state index in [9.17, 15) is 24.3 Å². The summed E-state index contributed by atoms with van der Waals surface area (Å²) in [6.45, 7) is 3.98. The summed E-state index contributed by atoms with van der Waals surface area (Å²) in [6.07, 6.45) is -0.232. The number of benzene rings is 2. The van der Waals surface area contributed by atoms with E-state index in [4.69, 9.17) is 9.47 Å². The van der Waals surface area contributed by atoms with E-state index in [0.717, 1.165) is 11.1 Å². The average Bonchev–Trinajstić information content (AvgIpc) is 2.89. The maximum atomic E-state index is 12.8. The minimum Gasteiger partial charge on any atom is -0.480 e. The average molecular weight is 514 g/mol. The first-order valence-electron chi connectivity index (χ1n) is 12.2. The van der Waals surface area contributed by atoms with Gasteiger partial charge in [0.1, 0.15) is 25.3 Å². The summed E-state index contributed by atoms with van der Waals surface area (Å²) in [7, 11) is 0. The van der Waals surface area contributed by atoms with E-state index in [-0.39, 0.29) is 25.6 Å². The van der Waals surface area contributed by atoms with Crippen LogP contribution in [0.5, 0.6) is 0 Å². The molecule has 0 radical (unpaired) electrons. The van der Waals surface area contributed by atoms with E-state index in [1.54, 1.807) is 26.0 Å². The minimum atomic E-state index is -1.18. The topological polar surface area (TPSA) is 143 Å². The Bertz CT molecular complexity index is 1000. The Morgan fingerprint density at radius 3 is 1.84 bits per heavy atom. The second-order valence-corrected chi connectivity index (χ2v) is 8.81. The van der Waals surface area contributed by atoms with Crippen LogP contribution in [0.2, 0.25) is 0 Å². The second-order valence-electron chi connectivity index (χ2n) is 8.81. The van der Waals surface area contributed by atoms with Gasteiger partial charge in [-0.3, -0.25) is 4.79 Å². The zero-order valence-corrected chi connectivity index (χ0v) is 21.1. The highest BCUT2D eigenvalue weighted by molar-refractivity contribution is 5.89. The lowest BCUT2D eigenvalue weighted by atomic mass is 10.0. The van der Waals surface area contributed by atoms with Crippen molar-refractivity contribution in [2.75, 3.05) is 6.54 Å². The van der Waals surface area contributed by atoms with Crippen molar-refractivity contribution in [3.05, 3.63) is 71.8 Å². The molecule has 4 N–H and O–H groups in total. The minimum absolute atomic E-state index is 0.0463. The van der Waals surface area contributed by atoms with Crippen molar-refractivity contribution >= 4 is 24.1 Å². The fourth-order valence-corrected chi connectivity index (χ4v) is 3.38. The Kier molecular flexibility index (Phi) is 12.5. The molecule has 0 aromatic heterocycles. The Labute approximate surface area is 216 Å². The Balaban J connectivity index is 1.72. The van der Waals surface area contributed by atoms with Gasteiger partial charge in [0.15, 0.2) is 0 Å². The number of aliphatic carboxylic acids is 1. The molecule has 0 saturated carbocycles. The van der Waals surface area contributed by atoms with Gasteiger partial charge in [0.25, 0.3) is 0 Å². The van der Waals surface area contributed by atoms with Gasteiger partial charge in [-0.25, -0.2) is 14.4 Å². The number of carbonyl (C=O) groups excluding carboxylic acids is 3. The zero-order valence-electron chi connectivity index (χ0n) is 21.1. The zero-order chi connectivity index (χ0) is 27.0. The number of carboxylic acid groups (broad SMARTS) is 1. The predicted octanol–water partition coefficient (Wildman–Crippen LogP) is 3.60. The van der Waals surface area contributed by atoms with Crippen LogP contribution in [0, 0.1) is 5.92 Å². The molecule has 0 unspecified atom stereocenters. The van der Waals surface area contributed by atoms with Crippen LogP contribution >= 0.6 is 0 Å². The summed E-state index contributed by atoms with van der Waals surface area (Å²) in [5.41, 5.74) is 1.67. The molecule has 10 heteroatoms. The molecule has 2 aromatic rings. The molecule has 37 heavy (non-hydrogen) atoms. The molecule has 0 heterocycles. The first-order valence-corrected chi connectivity index (χ1v) is 12.2. The van der Waals surface area contributed by atoms with Crippen molar-refractivity contribution in [2.24, 2.45) is 5.92 Å². The number of hydrogen-bond donors (Lipinski definition) is 4. The van der Waals surface area contributed by atoms with Crippen molar-refractivity contribution in [3.8, 4) is 0 Å². The van der Waals surface area contributed by atoms with Gasteiger partial charge in [-0.2, -0.15) is 0 Å². The van der Waals surface area contributed by atoms with E-state index in [0.29, 0.717) is 19.4 Å². The van der Waals surface area contributed by atoms with Crippen LogP contribution < -0.4 is 16.0 Å². The third kappa shape index (κ3) is 11.5. The summed E-state index contributed by atoms with van der Waals surface area (Å²) < 4.78 is 10.3. The lowest BCUT2D eigenvalue weighted by Crippen LogP contribution is -2.53. The van der Waals surface area contributed by atoms with Crippen molar-refractivity contribution in [1.82, 2.24) is 16.0 Å². The molecular formula is C27H35N3O7. The largest absolute Gasteiger partial charge is 0.480 e. The van der Waals surface area contributed by atoms with E-state index in [1.807, 2.05) is 48.5 Å². The number of amides is 3. The fourth-order valence-electron chi connectivity index (χ4n) is 3.38. The van der Waals surface area contributed by atoms with Crippen molar-refractivity contribution in [2.45, 2.75) is 58.4 Å². The monoisotopic (exact) mass is 513 g/mol. The third-order valence-electron chi connectivity index (χ3n) is 5.45.